The van der Waals surface area contributed by atoms with Gasteiger partial charge in [0.05, 0.1) is 34.7 Å². The molecule has 0 saturated carbocycles. The summed E-state index contributed by atoms with van der Waals surface area (Å²) in [5, 5.41) is 12.6. The molecular formula is C13H13N3O3S. The van der Waals surface area contributed by atoms with E-state index >= 15 is 0 Å². The van der Waals surface area contributed by atoms with Crippen LogP contribution in [0.2, 0.25) is 0 Å². The minimum Gasteiger partial charge on any atom is -0.489 e. The lowest BCUT2D eigenvalue weighted by atomic mass is 10.2. The predicted octanol–water partition coefficient (Wildman–Crippen LogP) is 1.14. The van der Waals surface area contributed by atoms with E-state index in [9.17, 15) is 8.42 Å². The summed E-state index contributed by atoms with van der Waals surface area (Å²) >= 11 is 0. The van der Waals surface area contributed by atoms with E-state index in [0.29, 0.717) is 11.3 Å². The number of aromatic nitrogens is 2. The number of sulfone groups is 1. The summed E-state index contributed by atoms with van der Waals surface area (Å²) in [6.07, 6.45) is 3.18. The summed E-state index contributed by atoms with van der Waals surface area (Å²) in [7, 11) is -1.66. The fourth-order valence-electron chi connectivity index (χ4n) is 1.60. The van der Waals surface area contributed by atoms with E-state index in [2.05, 4.69) is 5.10 Å². The average Bonchev–Trinajstić information content (AvgIpc) is 2.84. The van der Waals surface area contributed by atoms with Gasteiger partial charge in [-0.05, 0) is 24.3 Å². The zero-order valence-electron chi connectivity index (χ0n) is 10.9. The second-order valence-corrected chi connectivity index (χ2v) is 6.26. The van der Waals surface area contributed by atoms with Crippen LogP contribution < -0.4 is 4.74 Å². The highest BCUT2D eigenvalue weighted by atomic mass is 32.2. The Labute approximate surface area is 117 Å². The minimum absolute atomic E-state index is 0.0496. The van der Waals surface area contributed by atoms with Gasteiger partial charge in [0.1, 0.15) is 6.61 Å². The zero-order chi connectivity index (χ0) is 14.6. The van der Waals surface area contributed by atoms with Crippen LogP contribution in [0.1, 0.15) is 5.56 Å². The predicted molar refractivity (Wildman–Crippen MR) is 71.9 cm³/mol. The van der Waals surface area contributed by atoms with Crippen LogP contribution in [0.25, 0.3) is 0 Å². The number of nitriles is 1. The third-order valence-electron chi connectivity index (χ3n) is 2.64. The molecule has 1 aromatic heterocycles. The van der Waals surface area contributed by atoms with E-state index in [1.54, 1.807) is 17.9 Å². The Kier molecular flexibility index (Phi) is 4.05. The summed E-state index contributed by atoms with van der Waals surface area (Å²) in [5.41, 5.74) is 0.426. The summed E-state index contributed by atoms with van der Waals surface area (Å²) in [4.78, 5) is 0.186. The van der Waals surface area contributed by atoms with Crippen LogP contribution in [0.3, 0.4) is 0 Å². The van der Waals surface area contributed by atoms with Crippen molar-refractivity contribution in [3.05, 3.63) is 42.2 Å². The molecule has 2 aromatic rings. The van der Waals surface area contributed by atoms with E-state index in [4.69, 9.17) is 10.00 Å². The van der Waals surface area contributed by atoms with Gasteiger partial charge in [-0.2, -0.15) is 10.4 Å². The molecule has 0 saturated heterocycles. The second kappa shape index (κ2) is 5.75. The van der Waals surface area contributed by atoms with Crippen LogP contribution in [0, 0.1) is 11.3 Å². The molecule has 0 aliphatic heterocycles. The Morgan fingerprint density at radius 1 is 1.35 bits per heavy atom. The van der Waals surface area contributed by atoms with Crippen LogP contribution in [0.15, 0.2) is 41.6 Å². The maximum atomic E-state index is 12.0. The highest BCUT2D eigenvalue weighted by Gasteiger charge is 2.14. The van der Waals surface area contributed by atoms with Gasteiger partial charge in [0.2, 0.25) is 0 Å². The van der Waals surface area contributed by atoms with Crippen molar-refractivity contribution < 1.29 is 13.2 Å². The Balaban J connectivity index is 1.98. The lowest BCUT2D eigenvalue weighted by molar-refractivity contribution is 0.340. The molecule has 0 aliphatic carbocycles. The van der Waals surface area contributed by atoms with Crippen molar-refractivity contribution in [2.45, 2.75) is 4.90 Å². The largest absolute Gasteiger partial charge is 0.489 e. The van der Waals surface area contributed by atoms with Gasteiger partial charge in [0, 0.05) is 7.05 Å². The quantitative estimate of drug-likeness (QED) is 0.824. The van der Waals surface area contributed by atoms with Gasteiger partial charge >= 0.3 is 0 Å². The van der Waals surface area contributed by atoms with E-state index < -0.39 is 9.84 Å². The first-order chi connectivity index (χ1) is 9.51. The molecule has 1 aromatic carbocycles. The molecule has 0 spiro atoms. The smallest absolute Gasteiger partial charge is 0.181 e. The van der Waals surface area contributed by atoms with Gasteiger partial charge in [0.15, 0.2) is 15.6 Å². The summed E-state index contributed by atoms with van der Waals surface area (Å²) in [5.74, 6) is 0.399. The fourth-order valence-corrected chi connectivity index (χ4v) is 2.69. The lowest BCUT2D eigenvalue weighted by Gasteiger charge is -2.05. The first kappa shape index (κ1) is 14.1. The van der Waals surface area contributed by atoms with Crippen LogP contribution in [-0.4, -0.2) is 30.6 Å². The maximum absolute atomic E-state index is 12.0. The van der Waals surface area contributed by atoms with Crippen LogP contribution in [0.4, 0.5) is 0 Å². The molecule has 0 aliphatic rings. The molecule has 1 heterocycles. The fraction of sp³-hybridized carbons (Fsp3) is 0.231. The number of hydrogen-bond donors (Lipinski definition) is 0. The SMILES string of the molecule is Cn1cc(OCCS(=O)(=O)c2ccc(C#N)cc2)cn1. The topological polar surface area (TPSA) is 85.0 Å². The first-order valence-electron chi connectivity index (χ1n) is 5.85. The van der Waals surface area contributed by atoms with Crippen molar-refractivity contribution in [2.75, 3.05) is 12.4 Å². The molecule has 0 radical (unpaired) electrons. The minimum atomic E-state index is -3.41. The van der Waals surface area contributed by atoms with E-state index in [1.807, 2.05) is 6.07 Å². The molecule has 7 heteroatoms. The Morgan fingerprint density at radius 2 is 2.05 bits per heavy atom. The number of hydrogen-bond acceptors (Lipinski definition) is 5. The molecule has 0 bridgehead atoms. The van der Waals surface area contributed by atoms with Crippen molar-refractivity contribution >= 4 is 9.84 Å². The van der Waals surface area contributed by atoms with Gasteiger partial charge < -0.3 is 4.74 Å². The Hall–Kier alpha value is -2.33. The van der Waals surface area contributed by atoms with Crippen molar-refractivity contribution in [1.82, 2.24) is 9.78 Å². The van der Waals surface area contributed by atoms with Gasteiger partial charge in [0.25, 0.3) is 0 Å². The second-order valence-electron chi connectivity index (χ2n) is 4.15. The molecule has 20 heavy (non-hydrogen) atoms. The highest BCUT2D eigenvalue weighted by Crippen LogP contribution is 2.13. The first-order valence-corrected chi connectivity index (χ1v) is 7.51. The normalized spacial score (nSPS) is 11.0. The van der Waals surface area contributed by atoms with Gasteiger partial charge in [-0.3, -0.25) is 4.68 Å². The molecule has 104 valence electrons. The van der Waals surface area contributed by atoms with Crippen molar-refractivity contribution in [3.8, 4) is 11.8 Å². The number of aryl methyl sites for hydroxylation is 1. The van der Waals surface area contributed by atoms with E-state index in [0.717, 1.165) is 0 Å². The monoisotopic (exact) mass is 291 g/mol. The summed E-state index contributed by atoms with van der Waals surface area (Å²) < 4.78 is 31.0. The van der Waals surface area contributed by atoms with Crippen LogP contribution in [-0.2, 0) is 16.9 Å². The van der Waals surface area contributed by atoms with Crippen molar-refractivity contribution in [1.29, 1.82) is 5.26 Å². The van der Waals surface area contributed by atoms with Crippen LogP contribution >= 0.6 is 0 Å². The van der Waals surface area contributed by atoms with Gasteiger partial charge in [-0.15, -0.1) is 0 Å². The van der Waals surface area contributed by atoms with Crippen molar-refractivity contribution in [2.24, 2.45) is 7.05 Å². The number of ether oxygens (including phenoxy) is 1. The van der Waals surface area contributed by atoms with Gasteiger partial charge in [-0.1, -0.05) is 0 Å². The summed E-state index contributed by atoms with van der Waals surface area (Å²) in [6.45, 7) is 0.0496. The Bertz CT molecular complexity index is 727. The molecule has 0 atom stereocenters. The number of rotatable bonds is 5. The molecule has 6 nitrogen and oxygen atoms in total. The third kappa shape index (κ3) is 3.36. The average molecular weight is 291 g/mol. The van der Waals surface area contributed by atoms with Crippen molar-refractivity contribution in [3.63, 3.8) is 0 Å². The molecule has 0 amide bonds. The molecule has 2 rings (SSSR count). The molecular weight excluding hydrogens is 278 g/mol. The third-order valence-corrected chi connectivity index (χ3v) is 4.34. The molecule has 0 N–H and O–H groups in total. The van der Waals surface area contributed by atoms with Gasteiger partial charge in [-0.25, -0.2) is 8.42 Å². The Morgan fingerprint density at radius 3 is 2.60 bits per heavy atom. The van der Waals surface area contributed by atoms with Crippen LogP contribution in [0.5, 0.6) is 5.75 Å². The number of benzene rings is 1. The van der Waals surface area contributed by atoms with E-state index in [1.165, 1.54) is 30.5 Å². The zero-order valence-corrected chi connectivity index (χ0v) is 11.7. The molecule has 0 fully saturated rings. The standard InChI is InChI=1S/C13H13N3O3S/c1-16-10-12(9-15-16)19-6-7-20(17,18)13-4-2-11(8-14)3-5-13/h2-5,9-10H,6-7H2,1H3. The molecule has 0 unspecified atom stereocenters. The van der Waals surface area contributed by atoms with E-state index in [-0.39, 0.29) is 17.3 Å². The lowest BCUT2D eigenvalue weighted by Crippen LogP contribution is -2.14. The number of nitrogens with zero attached hydrogens (tertiary/aromatic N) is 3. The summed E-state index contributed by atoms with van der Waals surface area (Å²) in [6, 6.07) is 7.76. The highest BCUT2D eigenvalue weighted by molar-refractivity contribution is 7.91. The maximum Gasteiger partial charge on any atom is 0.181 e.